The molecule has 0 saturated heterocycles. The van der Waals surface area contributed by atoms with Gasteiger partial charge < -0.3 is 4.90 Å². The van der Waals surface area contributed by atoms with Gasteiger partial charge in [0.25, 0.3) is 5.56 Å². The fourth-order valence-electron chi connectivity index (χ4n) is 3.73. The highest BCUT2D eigenvalue weighted by atomic mass is 32.2. The standard InChI is InChI=1S/C21H22FN3O2S2/c1-24(14-7-3-2-4-8-14)18(26)13-29-21-23-16-11-12-28-19(16)20(27)25(21)17-10-6-5-9-15(17)22/h5-6,9-12,14H,2-4,7-8,13H2,1H3. The van der Waals surface area contributed by atoms with Crippen molar-refractivity contribution in [3.8, 4) is 5.69 Å². The van der Waals surface area contributed by atoms with Gasteiger partial charge in [0, 0.05) is 13.1 Å². The Balaban J connectivity index is 1.64. The molecule has 0 atom stereocenters. The maximum Gasteiger partial charge on any atom is 0.276 e. The van der Waals surface area contributed by atoms with E-state index in [0.29, 0.717) is 15.4 Å². The van der Waals surface area contributed by atoms with Crippen LogP contribution >= 0.6 is 23.1 Å². The van der Waals surface area contributed by atoms with Gasteiger partial charge in [0.15, 0.2) is 5.16 Å². The molecule has 152 valence electrons. The monoisotopic (exact) mass is 431 g/mol. The largest absolute Gasteiger partial charge is 0.342 e. The van der Waals surface area contributed by atoms with E-state index >= 15 is 0 Å². The lowest BCUT2D eigenvalue weighted by Crippen LogP contribution is -2.39. The molecule has 1 aromatic carbocycles. The summed E-state index contributed by atoms with van der Waals surface area (Å²) < 4.78 is 16.2. The molecule has 0 bridgehead atoms. The summed E-state index contributed by atoms with van der Waals surface area (Å²) >= 11 is 2.46. The van der Waals surface area contributed by atoms with E-state index in [2.05, 4.69) is 4.98 Å². The van der Waals surface area contributed by atoms with Crippen molar-refractivity contribution in [2.45, 2.75) is 43.3 Å². The number of thioether (sulfide) groups is 1. The number of aromatic nitrogens is 2. The Morgan fingerprint density at radius 2 is 2.03 bits per heavy atom. The lowest BCUT2D eigenvalue weighted by Gasteiger charge is -2.31. The summed E-state index contributed by atoms with van der Waals surface area (Å²) in [6.07, 6.45) is 5.60. The van der Waals surface area contributed by atoms with Crippen LogP contribution in [-0.2, 0) is 4.79 Å². The molecule has 3 aromatic rings. The number of benzene rings is 1. The van der Waals surface area contributed by atoms with Gasteiger partial charge in [-0.3, -0.25) is 14.2 Å². The molecule has 1 aliphatic carbocycles. The first-order valence-electron chi connectivity index (χ1n) is 9.70. The third kappa shape index (κ3) is 4.09. The van der Waals surface area contributed by atoms with Crippen molar-refractivity contribution >= 4 is 39.2 Å². The Hall–Kier alpha value is -2.19. The number of halogens is 1. The molecule has 0 aliphatic heterocycles. The third-order valence-corrected chi connectivity index (χ3v) is 7.20. The molecule has 1 aliphatic rings. The molecule has 2 aromatic heterocycles. The number of nitrogens with zero attached hydrogens (tertiary/aromatic N) is 3. The molecule has 8 heteroatoms. The minimum absolute atomic E-state index is 0.00153. The van der Waals surface area contributed by atoms with Gasteiger partial charge in [-0.25, -0.2) is 9.37 Å². The third-order valence-electron chi connectivity index (χ3n) is 5.38. The van der Waals surface area contributed by atoms with Crippen LogP contribution in [0, 0.1) is 5.82 Å². The smallest absolute Gasteiger partial charge is 0.276 e. The summed E-state index contributed by atoms with van der Waals surface area (Å²) in [5.74, 6) is -0.342. The number of fused-ring (bicyclic) bond motifs is 1. The molecule has 4 rings (SSSR count). The summed E-state index contributed by atoms with van der Waals surface area (Å²) in [5, 5.41) is 2.12. The van der Waals surface area contributed by atoms with Crippen LogP contribution in [-0.4, -0.2) is 39.2 Å². The van der Waals surface area contributed by atoms with E-state index in [1.54, 1.807) is 29.6 Å². The van der Waals surface area contributed by atoms with Crippen molar-refractivity contribution in [3.63, 3.8) is 0 Å². The topological polar surface area (TPSA) is 55.2 Å². The average molecular weight is 432 g/mol. The number of carbonyl (C=O) groups excluding carboxylic acids is 1. The fourth-order valence-corrected chi connectivity index (χ4v) is 5.42. The van der Waals surface area contributed by atoms with Gasteiger partial charge in [0.05, 0.1) is 17.0 Å². The SMILES string of the molecule is CN(C(=O)CSc1nc2ccsc2c(=O)n1-c1ccccc1F)C1CCCCC1. The number of para-hydroxylation sites is 1. The van der Waals surface area contributed by atoms with E-state index in [-0.39, 0.29) is 28.9 Å². The van der Waals surface area contributed by atoms with Crippen LogP contribution < -0.4 is 5.56 Å². The van der Waals surface area contributed by atoms with Crippen molar-refractivity contribution in [2.24, 2.45) is 0 Å². The first kappa shape index (κ1) is 20.1. The number of hydrogen-bond donors (Lipinski definition) is 0. The Morgan fingerprint density at radius 3 is 2.79 bits per heavy atom. The molecule has 1 amide bonds. The number of hydrogen-bond acceptors (Lipinski definition) is 5. The van der Waals surface area contributed by atoms with Crippen LogP contribution in [0.25, 0.3) is 15.9 Å². The first-order valence-corrected chi connectivity index (χ1v) is 11.6. The summed E-state index contributed by atoms with van der Waals surface area (Å²) in [5.41, 5.74) is 0.407. The molecule has 5 nitrogen and oxygen atoms in total. The van der Waals surface area contributed by atoms with Crippen LogP contribution in [0.2, 0.25) is 0 Å². The number of amides is 1. The number of carbonyl (C=O) groups is 1. The highest BCUT2D eigenvalue weighted by Crippen LogP contribution is 2.26. The van der Waals surface area contributed by atoms with E-state index in [1.165, 1.54) is 40.2 Å². The van der Waals surface area contributed by atoms with Crippen LogP contribution in [0.3, 0.4) is 0 Å². The average Bonchev–Trinajstić information content (AvgIpc) is 3.22. The van der Waals surface area contributed by atoms with Gasteiger partial charge in [-0.05, 0) is 36.4 Å². The molecule has 0 radical (unpaired) electrons. The molecule has 0 N–H and O–H groups in total. The van der Waals surface area contributed by atoms with Gasteiger partial charge in [-0.1, -0.05) is 43.2 Å². The maximum atomic E-state index is 14.5. The summed E-state index contributed by atoms with van der Waals surface area (Å²) in [7, 11) is 1.85. The zero-order valence-corrected chi connectivity index (χ0v) is 17.8. The van der Waals surface area contributed by atoms with Crippen molar-refractivity contribution in [1.82, 2.24) is 14.5 Å². The highest BCUT2D eigenvalue weighted by Gasteiger charge is 2.23. The molecule has 2 heterocycles. The summed E-state index contributed by atoms with van der Waals surface area (Å²) in [4.78, 5) is 32.2. The Bertz CT molecular complexity index is 1090. The molecule has 1 fully saturated rings. The second kappa shape index (κ2) is 8.67. The second-order valence-electron chi connectivity index (χ2n) is 7.21. The molecule has 0 unspecified atom stereocenters. The van der Waals surface area contributed by atoms with Crippen molar-refractivity contribution in [2.75, 3.05) is 12.8 Å². The van der Waals surface area contributed by atoms with Crippen LogP contribution in [0.4, 0.5) is 4.39 Å². The lowest BCUT2D eigenvalue weighted by molar-refractivity contribution is -0.129. The summed E-state index contributed by atoms with van der Waals surface area (Å²) in [6, 6.07) is 8.18. The van der Waals surface area contributed by atoms with Crippen LogP contribution in [0.1, 0.15) is 32.1 Å². The maximum absolute atomic E-state index is 14.5. The van der Waals surface area contributed by atoms with E-state index in [0.717, 1.165) is 25.7 Å². The van der Waals surface area contributed by atoms with Gasteiger partial charge in [0.1, 0.15) is 10.5 Å². The van der Waals surface area contributed by atoms with E-state index < -0.39 is 5.82 Å². The number of rotatable bonds is 5. The van der Waals surface area contributed by atoms with Gasteiger partial charge in [0.2, 0.25) is 5.91 Å². The Kier molecular flexibility index (Phi) is 6.01. The predicted octanol–water partition coefficient (Wildman–Crippen LogP) is 4.47. The zero-order chi connectivity index (χ0) is 20.4. The van der Waals surface area contributed by atoms with Crippen LogP contribution in [0.15, 0.2) is 45.7 Å². The highest BCUT2D eigenvalue weighted by molar-refractivity contribution is 7.99. The predicted molar refractivity (Wildman–Crippen MR) is 116 cm³/mol. The zero-order valence-electron chi connectivity index (χ0n) is 16.1. The normalized spacial score (nSPS) is 15.0. The molecular weight excluding hydrogens is 409 g/mol. The van der Waals surface area contributed by atoms with Crippen molar-refractivity contribution < 1.29 is 9.18 Å². The van der Waals surface area contributed by atoms with E-state index in [4.69, 9.17) is 0 Å². The lowest BCUT2D eigenvalue weighted by atomic mass is 9.94. The fraction of sp³-hybridized carbons (Fsp3) is 0.381. The molecule has 29 heavy (non-hydrogen) atoms. The van der Waals surface area contributed by atoms with Gasteiger partial charge in [-0.15, -0.1) is 11.3 Å². The molecular formula is C21H22FN3O2S2. The van der Waals surface area contributed by atoms with Crippen LogP contribution in [0.5, 0.6) is 0 Å². The minimum atomic E-state index is -0.500. The minimum Gasteiger partial charge on any atom is -0.342 e. The van der Waals surface area contributed by atoms with E-state index in [1.807, 2.05) is 11.9 Å². The Labute approximate surface area is 176 Å². The van der Waals surface area contributed by atoms with E-state index in [9.17, 15) is 14.0 Å². The van der Waals surface area contributed by atoms with Crippen molar-refractivity contribution in [1.29, 1.82) is 0 Å². The van der Waals surface area contributed by atoms with Gasteiger partial charge in [-0.2, -0.15) is 0 Å². The number of thiophene rings is 1. The van der Waals surface area contributed by atoms with Gasteiger partial charge >= 0.3 is 0 Å². The first-order chi connectivity index (χ1) is 14.1. The quantitative estimate of drug-likeness (QED) is 0.442. The summed E-state index contributed by atoms with van der Waals surface area (Å²) in [6.45, 7) is 0. The van der Waals surface area contributed by atoms with Crippen molar-refractivity contribution in [3.05, 3.63) is 51.9 Å². The molecule has 1 saturated carbocycles. The second-order valence-corrected chi connectivity index (χ2v) is 9.07. The Morgan fingerprint density at radius 1 is 1.28 bits per heavy atom. The molecule has 0 spiro atoms.